The van der Waals surface area contributed by atoms with E-state index in [-0.39, 0.29) is 22.9 Å². The van der Waals surface area contributed by atoms with E-state index in [0.717, 1.165) is 16.7 Å². The summed E-state index contributed by atoms with van der Waals surface area (Å²) in [5.74, 6) is 0.699. The van der Waals surface area contributed by atoms with Crippen molar-refractivity contribution in [3.63, 3.8) is 0 Å². The van der Waals surface area contributed by atoms with Crippen molar-refractivity contribution in [2.75, 3.05) is 7.05 Å². The van der Waals surface area contributed by atoms with Crippen LogP contribution in [0.1, 0.15) is 29.3 Å². The normalized spacial score (nSPS) is 12.5. The second-order valence-electron chi connectivity index (χ2n) is 4.88. The summed E-state index contributed by atoms with van der Waals surface area (Å²) < 4.78 is 10.9. The Morgan fingerprint density at radius 1 is 1.19 bits per heavy atom. The van der Waals surface area contributed by atoms with Crippen molar-refractivity contribution in [1.29, 1.82) is 0 Å². The Morgan fingerprint density at radius 3 is 2.62 bits per heavy atom. The number of carbonyl (C=O) groups excluding carboxylic acids is 1. The van der Waals surface area contributed by atoms with Gasteiger partial charge in [-0.3, -0.25) is 4.79 Å². The summed E-state index contributed by atoms with van der Waals surface area (Å²) in [5.41, 5.74) is 0.807. The highest BCUT2D eigenvalue weighted by molar-refractivity contribution is 6.29. The quantitative estimate of drug-likeness (QED) is 0.715. The predicted molar refractivity (Wildman–Crippen MR) is 80.4 cm³/mol. The number of furan rings is 2. The fourth-order valence-electron chi connectivity index (χ4n) is 2.18. The Morgan fingerprint density at radius 2 is 1.95 bits per heavy atom. The second kappa shape index (κ2) is 5.30. The molecule has 0 saturated heterocycles. The SMILES string of the molecule is CC(c1cc2ccccc2o1)N(C)C(=O)c1ccc(Cl)o1. The van der Waals surface area contributed by atoms with Gasteiger partial charge in [-0.15, -0.1) is 0 Å². The molecule has 4 nitrogen and oxygen atoms in total. The van der Waals surface area contributed by atoms with Gasteiger partial charge in [0.05, 0.1) is 6.04 Å². The molecule has 0 aliphatic carbocycles. The molecule has 2 heterocycles. The first-order valence-corrected chi connectivity index (χ1v) is 6.95. The third kappa shape index (κ3) is 2.54. The van der Waals surface area contributed by atoms with E-state index in [9.17, 15) is 4.79 Å². The maximum absolute atomic E-state index is 12.3. The van der Waals surface area contributed by atoms with Crippen LogP contribution in [0.25, 0.3) is 11.0 Å². The lowest BCUT2D eigenvalue weighted by molar-refractivity contribution is 0.0695. The van der Waals surface area contributed by atoms with Crippen LogP contribution in [0.3, 0.4) is 0 Å². The van der Waals surface area contributed by atoms with E-state index in [1.165, 1.54) is 0 Å². The van der Waals surface area contributed by atoms with E-state index in [0.29, 0.717) is 0 Å². The first kappa shape index (κ1) is 13.8. The van der Waals surface area contributed by atoms with Gasteiger partial charge in [-0.2, -0.15) is 0 Å². The monoisotopic (exact) mass is 303 g/mol. The van der Waals surface area contributed by atoms with Crippen molar-refractivity contribution in [1.82, 2.24) is 4.90 Å². The van der Waals surface area contributed by atoms with Gasteiger partial charge >= 0.3 is 0 Å². The van der Waals surface area contributed by atoms with E-state index in [2.05, 4.69) is 0 Å². The van der Waals surface area contributed by atoms with E-state index in [1.807, 2.05) is 37.3 Å². The molecule has 3 rings (SSSR count). The molecule has 1 aromatic carbocycles. The molecule has 0 bridgehead atoms. The highest BCUT2D eigenvalue weighted by Gasteiger charge is 2.23. The zero-order valence-corrected chi connectivity index (χ0v) is 12.4. The average Bonchev–Trinajstić information content (AvgIpc) is 3.10. The highest BCUT2D eigenvalue weighted by Crippen LogP contribution is 2.28. The van der Waals surface area contributed by atoms with E-state index < -0.39 is 0 Å². The second-order valence-corrected chi connectivity index (χ2v) is 5.25. The molecule has 108 valence electrons. The number of hydrogen-bond acceptors (Lipinski definition) is 3. The summed E-state index contributed by atoms with van der Waals surface area (Å²) in [6, 6.07) is 12.6. The Kier molecular flexibility index (Phi) is 3.47. The molecule has 0 radical (unpaired) electrons. The van der Waals surface area contributed by atoms with Crippen molar-refractivity contribution >= 4 is 28.5 Å². The number of amides is 1. The number of benzene rings is 1. The highest BCUT2D eigenvalue weighted by atomic mass is 35.5. The molecule has 1 amide bonds. The maximum Gasteiger partial charge on any atom is 0.289 e. The lowest BCUT2D eigenvalue weighted by Gasteiger charge is -2.22. The van der Waals surface area contributed by atoms with E-state index in [1.54, 1.807) is 24.1 Å². The molecular formula is C16H14ClNO3. The first-order chi connectivity index (χ1) is 10.1. The Hall–Kier alpha value is -2.20. The Bertz CT molecular complexity index is 757. The summed E-state index contributed by atoms with van der Waals surface area (Å²) in [5, 5.41) is 1.21. The maximum atomic E-state index is 12.3. The molecule has 21 heavy (non-hydrogen) atoms. The van der Waals surface area contributed by atoms with Gasteiger partial charge in [0, 0.05) is 12.4 Å². The Labute approximate surface area is 126 Å². The van der Waals surface area contributed by atoms with Gasteiger partial charge in [0.15, 0.2) is 11.0 Å². The number of carbonyl (C=O) groups is 1. The van der Waals surface area contributed by atoms with Gasteiger partial charge < -0.3 is 13.7 Å². The number of rotatable bonds is 3. The summed E-state index contributed by atoms with van der Waals surface area (Å²) in [7, 11) is 1.70. The molecule has 1 unspecified atom stereocenters. The number of hydrogen-bond donors (Lipinski definition) is 0. The standard InChI is InChI=1S/C16H14ClNO3/c1-10(14-9-11-5-3-4-6-12(11)20-14)18(2)16(19)13-7-8-15(17)21-13/h3-10H,1-2H3. The van der Waals surface area contributed by atoms with Gasteiger partial charge in [-0.1, -0.05) is 18.2 Å². The topological polar surface area (TPSA) is 46.6 Å². The van der Waals surface area contributed by atoms with Crippen LogP contribution in [0.15, 0.2) is 51.3 Å². The van der Waals surface area contributed by atoms with Gasteiger partial charge in [-0.25, -0.2) is 0 Å². The lowest BCUT2D eigenvalue weighted by atomic mass is 10.2. The fourth-order valence-corrected chi connectivity index (χ4v) is 2.32. The van der Waals surface area contributed by atoms with Crippen LogP contribution < -0.4 is 0 Å². The van der Waals surface area contributed by atoms with Crippen LogP contribution in [0, 0.1) is 0 Å². The molecule has 0 N–H and O–H groups in total. The summed E-state index contributed by atoms with van der Waals surface area (Å²) >= 11 is 5.70. The molecule has 0 fully saturated rings. The molecule has 2 aromatic heterocycles. The smallest absolute Gasteiger partial charge is 0.289 e. The third-order valence-electron chi connectivity index (χ3n) is 3.54. The summed E-state index contributed by atoms with van der Waals surface area (Å²) in [6.07, 6.45) is 0. The number of halogens is 1. The zero-order valence-electron chi connectivity index (χ0n) is 11.7. The fraction of sp³-hybridized carbons (Fsp3) is 0.188. The molecule has 0 aliphatic rings. The minimum absolute atomic E-state index is 0.197. The number of para-hydroxylation sites is 1. The zero-order chi connectivity index (χ0) is 15.0. The van der Waals surface area contributed by atoms with Crippen LogP contribution in [0.4, 0.5) is 0 Å². The molecule has 1 atom stereocenters. The molecule has 5 heteroatoms. The molecule has 0 saturated carbocycles. The van der Waals surface area contributed by atoms with Crippen LogP contribution >= 0.6 is 11.6 Å². The van der Waals surface area contributed by atoms with Gasteiger partial charge in [0.25, 0.3) is 5.91 Å². The van der Waals surface area contributed by atoms with Crippen molar-refractivity contribution in [2.24, 2.45) is 0 Å². The van der Waals surface area contributed by atoms with Crippen molar-refractivity contribution < 1.29 is 13.6 Å². The third-order valence-corrected chi connectivity index (χ3v) is 3.74. The molecular weight excluding hydrogens is 290 g/mol. The lowest BCUT2D eigenvalue weighted by Crippen LogP contribution is -2.29. The summed E-state index contributed by atoms with van der Waals surface area (Å²) in [4.78, 5) is 13.9. The van der Waals surface area contributed by atoms with E-state index >= 15 is 0 Å². The number of nitrogens with zero attached hydrogens (tertiary/aromatic N) is 1. The van der Waals surface area contributed by atoms with Gasteiger partial charge in [-0.05, 0) is 42.8 Å². The van der Waals surface area contributed by atoms with Crippen molar-refractivity contribution in [3.05, 3.63) is 59.2 Å². The molecule has 0 aliphatic heterocycles. The first-order valence-electron chi connectivity index (χ1n) is 6.57. The van der Waals surface area contributed by atoms with Gasteiger partial charge in [0.1, 0.15) is 11.3 Å². The molecule has 0 spiro atoms. The van der Waals surface area contributed by atoms with Crippen LogP contribution in [0.2, 0.25) is 5.22 Å². The Balaban J connectivity index is 1.86. The average molecular weight is 304 g/mol. The van der Waals surface area contributed by atoms with Crippen LogP contribution in [-0.4, -0.2) is 17.9 Å². The molecule has 3 aromatic rings. The minimum atomic E-state index is -0.241. The number of fused-ring (bicyclic) bond motifs is 1. The van der Waals surface area contributed by atoms with Crippen molar-refractivity contribution in [2.45, 2.75) is 13.0 Å². The van der Waals surface area contributed by atoms with Crippen molar-refractivity contribution in [3.8, 4) is 0 Å². The largest absolute Gasteiger partial charge is 0.459 e. The van der Waals surface area contributed by atoms with E-state index in [4.69, 9.17) is 20.4 Å². The van der Waals surface area contributed by atoms with Crippen LogP contribution in [-0.2, 0) is 0 Å². The van der Waals surface area contributed by atoms with Gasteiger partial charge in [0.2, 0.25) is 0 Å². The van der Waals surface area contributed by atoms with Crippen LogP contribution in [0.5, 0.6) is 0 Å². The predicted octanol–water partition coefficient (Wildman–Crippen LogP) is 4.51. The summed E-state index contributed by atoms with van der Waals surface area (Å²) in [6.45, 7) is 1.90. The minimum Gasteiger partial charge on any atom is -0.459 e.